The van der Waals surface area contributed by atoms with Gasteiger partial charge in [-0.05, 0) is 35.9 Å². The number of fused-ring (bicyclic) bond motifs is 2. The van der Waals surface area contributed by atoms with E-state index < -0.39 is 0 Å². The molecule has 0 bridgehead atoms. The summed E-state index contributed by atoms with van der Waals surface area (Å²) in [5.74, 6) is 0.370. The number of nitrogens with one attached hydrogen (secondary N) is 1. The molecule has 3 aromatic carbocycles. The number of phenolic OH excluding ortho intramolecular Hbond substituents is 1. The van der Waals surface area contributed by atoms with Gasteiger partial charge in [-0.25, -0.2) is 4.98 Å². The molecule has 1 unspecified atom stereocenters. The fraction of sp³-hybridized carbons (Fsp3) is 0.190. The van der Waals surface area contributed by atoms with Crippen LogP contribution in [0.1, 0.15) is 23.5 Å². The Hall–Kier alpha value is -2.43. The number of para-hydroxylation sites is 1. The summed E-state index contributed by atoms with van der Waals surface area (Å²) in [7, 11) is 2.16. The highest BCUT2D eigenvalue weighted by atomic mass is 32.1. The van der Waals surface area contributed by atoms with Crippen LogP contribution in [0.25, 0.3) is 21.0 Å². The van der Waals surface area contributed by atoms with Crippen molar-refractivity contribution in [2.45, 2.75) is 19.5 Å². The van der Waals surface area contributed by atoms with E-state index in [9.17, 15) is 5.11 Å². The average Bonchev–Trinajstić information content (AvgIpc) is 3.07. The molecule has 2 N–H and O–H groups in total. The minimum Gasteiger partial charge on any atom is -0.507 e. The summed E-state index contributed by atoms with van der Waals surface area (Å²) >= 11 is 1.76. The molecule has 0 radical (unpaired) electrons. The van der Waals surface area contributed by atoms with Crippen molar-refractivity contribution in [2.24, 2.45) is 0 Å². The predicted octanol–water partition coefficient (Wildman–Crippen LogP) is 3.93. The van der Waals surface area contributed by atoms with E-state index in [1.54, 1.807) is 17.4 Å². The number of phenols is 1. The second-order valence-electron chi connectivity index (χ2n) is 6.55. The highest BCUT2D eigenvalue weighted by molar-refractivity contribution is 7.18. The Kier molecular flexibility index (Phi) is 4.15. The van der Waals surface area contributed by atoms with Crippen LogP contribution in [0.2, 0.25) is 0 Å². The molecule has 0 saturated heterocycles. The minimum atomic E-state index is 0.260. The van der Waals surface area contributed by atoms with Crippen molar-refractivity contribution in [2.75, 3.05) is 7.05 Å². The van der Waals surface area contributed by atoms with Crippen LogP contribution in [0.4, 0.5) is 0 Å². The molecule has 2 atom stereocenters. The molecule has 126 valence electrons. The molecule has 25 heavy (non-hydrogen) atoms. The summed E-state index contributed by atoms with van der Waals surface area (Å²) in [4.78, 5) is 6.11. The van der Waals surface area contributed by atoms with Gasteiger partial charge in [0, 0.05) is 0 Å². The lowest BCUT2D eigenvalue weighted by Gasteiger charge is -2.21. The topological polar surface area (TPSA) is 37.6 Å². The molecule has 0 fully saturated rings. The van der Waals surface area contributed by atoms with Gasteiger partial charge in [-0.15, -0.1) is 11.3 Å². The molecular weight excluding hydrogens is 328 g/mol. The smallest absolute Gasteiger partial charge is 0.151 e. The largest absolute Gasteiger partial charge is 0.507 e. The van der Waals surface area contributed by atoms with Gasteiger partial charge in [-0.3, -0.25) is 0 Å². The molecule has 1 aromatic heterocycles. The van der Waals surface area contributed by atoms with Gasteiger partial charge in [-0.2, -0.15) is 0 Å². The third-order valence-corrected chi connectivity index (χ3v) is 6.11. The molecule has 0 spiro atoms. The van der Waals surface area contributed by atoms with Gasteiger partial charge in [0.1, 0.15) is 18.3 Å². The number of benzene rings is 3. The number of aromatic nitrogens is 1. The van der Waals surface area contributed by atoms with Crippen LogP contribution in [0.3, 0.4) is 0 Å². The van der Waals surface area contributed by atoms with E-state index in [1.807, 2.05) is 24.3 Å². The van der Waals surface area contributed by atoms with Crippen LogP contribution in [0.5, 0.6) is 5.75 Å². The fourth-order valence-electron chi connectivity index (χ4n) is 3.23. The Morgan fingerprint density at radius 3 is 2.64 bits per heavy atom. The molecule has 3 nitrogen and oxygen atoms in total. The van der Waals surface area contributed by atoms with Gasteiger partial charge in [-0.1, -0.05) is 42.5 Å². The summed E-state index contributed by atoms with van der Waals surface area (Å²) in [6.07, 6.45) is 0. The predicted molar refractivity (Wildman–Crippen MR) is 104 cm³/mol. The number of quaternary nitrogens is 1. The number of nitrogens with zero attached hydrogens (tertiary/aromatic N) is 1. The highest BCUT2D eigenvalue weighted by Crippen LogP contribution is 2.28. The minimum absolute atomic E-state index is 0.260. The van der Waals surface area contributed by atoms with E-state index in [-0.39, 0.29) is 6.04 Å². The van der Waals surface area contributed by atoms with Gasteiger partial charge in [0.15, 0.2) is 5.01 Å². The van der Waals surface area contributed by atoms with Gasteiger partial charge in [0.25, 0.3) is 0 Å². The van der Waals surface area contributed by atoms with Gasteiger partial charge >= 0.3 is 0 Å². The number of hydrogen-bond acceptors (Lipinski definition) is 3. The van der Waals surface area contributed by atoms with Crippen LogP contribution in [-0.4, -0.2) is 17.1 Å². The van der Waals surface area contributed by atoms with E-state index in [1.165, 1.54) is 9.60 Å². The Bertz CT molecular complexity index is 1010. The zero-order chi connectivity index (χ0) is 17.4. The normalized spacial score (nSPS) is 14.0. The molecule has 0 aliphatic carbocycles. The lowest BCUT2D eigenvalue weighted by Crippen LogP contribution is -3.07. The van der Waals surface area contributed by atoms with Crippen LogP contribution in [0.15, 0.2) is 60.7 Å². The number of rotatable bonds is 4. The molecule has 0 aliphatic rings. The molecule has 0 amide bonds. The van der Waals surface area contributed by atoms with Gasteiger partial charge in [0.2, 0.25) is 0 Å². The summed E-state index contributed by atoms with van der Waals surface area (Å²) < 4.78 is 1.23. The van der Waals surface area contributed by atoms with Gasteiger partial charge in [0.05, 0.1) is 22.8 Å². The van der Waals surface area contributed by atoms with Crippen molar-refractivity contribution in [3.05, 3.63) is 71.2 Å². The third kappa shape index (κ3) is 2.99. The lowest BCUT2D eigenvalue weighted by molar-refractivity contribution is -0.923. The molecule has 1 heterocycles. The summed E-state index contributed by atoms with van der Waals surface area (Å²) in [6, 6.07) is 20.5. The number of hydrogen-bond donors (Lipinski definition) is 2. The molecule has 4 heteroatoms. The van der Waals surface area contributed by atoms with Crippen molar-refractivity contribution >= 4 is 32.3 Å². The Morgan fingerprint density at radius 1 is 1.04 bits per heavy atom. The molecule has 0 saturated carbocycles. The van der Waals surface area contributed by atoms with Crippen LogP contribution in [-0.2, 0) is 6.54 Å². The van der Waals surface area contributed by atoms with Crippen molar-refractivity contribution in [1.82, 2.24) is 4.98 Å². The van der Waals surface area contributed by atoms with E-state index >= 15 is 0 Å². The van der Waals surface area contributed by atoms with Crippen molar-refractivity contribution in [1.29, 1.82) is 0 Å². The summed E-state index contributed by atoms with van der Waals surface area (Å²) in [5, 5.41) is 13.8. The Labute approximate surface area is 151 Å². The van der Waals surface area contributed by atoms with Crippen LogP contribution < -0.4 is 4.90 Å². The first-order chi connectivity index (χ1) is 12.1. The van der Waals surface area contributed by atoms with Crippen LogP contribution >= 0.6 is 11.3 Å². The van der Waals surface area contributed by atoms with E-state index in [0.29, 0.717) is 5.75 Å². The van der Waals surface area contributed by atoms with Crippen LogP contribution in [0, 0.1) is 0 Å². The Balaban J connectivity index is 1.65. The maximum absolute atomic E-state index is 10.4. The maximum atomic E-state index is 10.4. The van der Waals surface area contributed by atoms with E-state index in [4.69, 9.17) is 4.98 Å². The first kappa shape index (κ1) is 16.1. The average molecular weight is 349 g/mol. The zero-order valence-corrected chi connectivity index (χ0v) is 15.2. The second-order valence-corrected chi connectivity index (χ2v) is 7.61. The third-order valence-electron chi connectivity index (χ3n) is 4.89. The first-order valence-electron chi connectivity index (χ1n) is 8.51. The first-order valence-corrected chi connectivity index (χ1v) is 9.32. The van der Waals surface area contributed by atoms with Crippen molar-refractivity contribution < 1.29 is 10.0 Å². The van der Waals surface area contributed by atoms with E-state index in [0.717, 1.165) is 33.4 Å². The number of thiazole rings is 1. The summed E-state index contributed by atoms with van der Waals surface area (Å²) in [6.45, 7) is 2.96. The zero-order valence-electron chi connectivity index (χ0n) is 14.4. The highest BCUT2D eigenvalue weighted by Gasteiger charge is 2.22. The SMILES string of the molecule is C[C@H](c1nc2ccccc2s1)[NH+](C)Cc1c(O)ccc2ccccc12. The summed E-state index contributed by atoms with van der Waals surface area (Å²) in [5.41, 5.74) is 2.07. The molecular formula is C21H21N2OS+. The Morgan fingerprint density at radius 2 is 1.80 bits per heavy atom. The van der Waals surface area contributed by atoms with Crippen molar-refractivity contribution in [3.8, 4) is 5.75 Å². The lowest BCUT2D eigenvalue weighted by atomic mass is 10.0. The standard InChI is InChI=1S/C21H20N2OS/c1-14(21-22-18-9-5-6-10-20(18)25-21)23(2)13-17-16-8-4-3-7-15(16)11-12-19(17)24/h3-12,14,24H,13H2,1-2H3/p+1/t14-/m1/s1. The van der Waals surface area contributed by atoms with Crippen molar-refractivity contribution in [3.63, 3.8) is 0 Å². The second kappa shape index (κ2) is 6.47. The fourth-order valence-corrected chi connectivity index (χ4v) is 4.34. The quantitative estimate of drug-likeness (QED) is 0.586. The van der Waals surface area contributed by atoms with E-state index in [2.05, 4.69) is 44.3 Å². The molecule has 0 aliphatic heterocycles. The monoisotopic (exact) mass is 349 g/mol. The molecule has 4 aromatic rings. The number of aromatic hydroxyl groups is 1. The van der Waals surface area contributed by atoms with Gasteiger partial charge < -0.3 is 10.0 Å². The maximum Gasteiger partial charge on any atom is 0.151 e. The molecule has 4 rings (SSSR count).